The molecule has 3 rings (SSSR count). The summed E-state index contributed by atoms with van der Waals surface area (Å²) < 4.78 is 9.93. The number of ether oxygens (including phenoxy) is 2. The van der Waals surface area contributed by atoms with Crippen LogP contribution in [0.25, 0.3) is 0 Å². The molecule has 2 amide bonds. The molecule has 0 radical (unpaired) electrons. The van der Waals surface area contributed by atoms with Crippen LogP contribution in [-0.2, 0) is 19.1 Å². The Bertz CT molecular complexity index is 1120. The Morgan fingerprint density at radius 3 is 2.36 bits per heavy atom. The lowest BCUT2D eigenvalue weighted by atomic mass is 9.78. The average molecular weight is 466 g/mol. The van der Waals surface area contributed by atoms with Crippen LogP contribution in [0.3, 0.4) is 0 Å². The summed E-state index contributed by atoms with van der Waals surface area (Å²) in [5.74, 6) is -3.02. The molecule has 1 aliphatic heterocycles. The number of allylic oxidation sites excluding steroid dienone is 1. The molecule has 0 bridgehead atoms. The third-order valence-electron chi connectivity index (χ3n) is 5.14. The molecule has 0 saturated carbocycles. The molecule has 9 heteroatoms. The lowest BCUT2D eigenvalue weighted by Gasteiger charge is -2.31. The lowest BCUT2D eigenvalue weighted by Crippen LogP contribution is -2.44. The largest absolute Gasteiger partial charge is 0.497 e. The Hall–Kier alpha value is -3.77. The number of aryl methyl sites for hydroxylation is 1. The highest BCUT2D eigenvalue weighted by Crippen LogP contribution is 2.40. The third-order valence-corrected chi connectivity index (χ3v) is 6.16. The van der Waals surface area contributed by atoms with Gasteiger partial charge in [0.15, 0.2) is 0 Å². The van der Waals surface area contributed by atoms with Gasteiger partial charge in [-0.25, -0.2) is 0 Å². The molecule has 0 unspecified atom stereocenters. The summed E-state index contributed by atoms with van der Waals surface area (Å²) in [6.07, 6.45) is 0. The van der Waals surface area contributed by atoms with Crippen molar-refractivity contribution in [2.45, 2.75) is 12.8 Å². The monoisotopic (exact) mass is 465 g/mol. The zero-order valence-electron chi connectivity index (χ0n) is 18.4. The van der Waals surface area contributed by atoms with Crippen LogP contribution >= 0.6 is 11.8 Å². The number of carbonyl (C=O) groups excluding carboxylic acids is 3. The first-order valence-electron chi connectivity index (χ1n) is 10.0. The number of nitrogens with zero attached hydrogens (tertiary/aromatic N) is 1. The second kappa shape index (κ2) is 10.7. The Kier molecular flexibility index (Phi) is 7.74. The lowest BCUT2D eigenvalue weighted by molar-refractivity contribution is -0.150. The van der Waals surface area contributed by atoms with Crippen LogP contribution in [-0.4, -0.2) is 37.8 Å². The van der Waals surface area contributed by atoms with Crippen molar-refractivity contribution in [2.24, 2.45) is 5.92 Å². The zero-order valence-corrected chi connectivity index (χ0v) is 19.2. The number of benzene rings is 2. The van der Waals surface area contributed by atoms with Gasteiger partial charge in [-0.1, -0.05) is 41.6 Å². The van der Waals surface area contributed by atoms with Crippen molar-refractivity contribution in [1.82, 2.24) is 5.32 Å². The average Bonchev–Trinajstić information content (AvgIpc) is 2.82. The summed E-state index contributed by atoms with van der Waals surface area (Å²) in [4.78, 5) is 37.7. The molecule has 33 heavy (non-hydrogen) atoms. The van der Waals surface area contributed by atoms with E-state index in [-0.39, 0.29) is 22.3 Å². The van der Waals surface area contributed by atoms with Gasteiger partial charge in [-0.15, -0.1) is 0 Å². The summed E-state index contributed by atoms with van der Waals surface area (Å²) >= 11 is 1.03. The van der Waals surface area contributed by atoms with Gasteiger partial charge in [0.1, 0.15) is 11.7 Å². The highest BCUT2D eigenvalue weighted by molar-refractivity contribution is 8.03. The maximum absolute atomic E-state index is 12.8. The van der Waals surface area contributed by atoms with Gasteiger partial charge in [-0.05, 0) is 36.8 Å². The van der Waals surface area contributed by atoms with Crippen molar-refractivity contribution in [3.8, 4) is 11.8 Å². The number of carbonyl (C=O) groups is 3. The quantitative estimate of drug-likeness (QED) is 0.476. The van der Waals surface area contributed by atoms with E-state index in [0.717, 1.165) is 17.3 Å². The molecule has 1 aliphatic rings. The highest BCUT2D eigenvalue weighted by Gasteiger charge is 2.44. The topological polar surface area (TPSA) is 118 Å². The standard InChI is InChI=1S/C24H23N3O5S/c1-14-4-6-15(7-5-14)20-18(12-25)23(27-22(29)21(20)24(30)32-3)33-13-19(28)26-16-8-10-17(31-2)11-9-16/h4-11,20-21H,13H2,1-3H3,(H,26,28)(H,27,29)/t20-,21-/m1/s1. The van der Waals surface area contributed by atoms with Gasteiger partial charge in [0, 0.05) is 11.6 Å². The van der Waals surface area contributed by atoms with E-state index in [1.807, 2.05) is 19.1 Å². The maximum atomic E-state index is 12.8. The summed E-state index contributed by atoms with van der Waals surface area (Å²) in [7, 11) is 2.75. The highest BCUT2D eigenvalue weighted by atomic mass is 32.2. The van der Waals surface area contributed by atoms with E-state index >= 15 is 0 Å². The van der Waals surface area contributed by atoms with E-state index in [4.69, 9.17) is 9.47 Å². The van der Waals surface area contributed by atoms with Gasteiger partial charge in [0.2, 0.25) is 11.8 Å². The van der Waals surface area contributed by atoms with Crippen LogP contribution < -0.4 is 15.4 Å². The molecule has 0 fully saturated rings. The van der Waals surface area contributed by atoms with E-state index in [0.29, 0.717) is 17.0 Å². The van der Waals surface area contributed by atoms with Crippen LogP contribution in [0, 0.1) is 24.2 Å². The van der Waals surface area contributed by atoms with Gasteiger partial charge < -0.3 is 20.1 Å². The number of esters is 1. The van der Waals surface area contributed by atoms with Crippen molar-refractivity contribution in [2.75, 3.05) is 25.3 Å². The first-order chi connectivity index (χ1) is 15.9. The molecule has 8 nitrogen and oxygen atoms in total. The second-order valence-corrected chi connectivity index (χ2v) is 8.28. The summed E-state index contributed by atoms with van der Waals surface area (Å²) in [6.45, 7) is 1.92. The normalized spacial score (nSPS) is 17.6. The predicted molar refractivity (Wildman–Crippen MR) is 124 cm³/mol. The van der Waals surface area contributed by atoms with Gasteiger partial charge in [0.05, 0.1) is 36.6 Å². The van der Waals surface area contributed by atoms with Crippen LogP contribution in [0.15, 0.2) is 59.1 Å². The van der Waals surface area contributed by atoms with Crippen molar-refractivity contribution >= 4 is 35.2 Å². The summed E-state index contributed by atoms with van der Waals surface area (Å²) in [5.41, 5.74) is 2.44. The summed E-state index contributed by atoms with van der Waals surface area (Å²) in [5, 5.41) is 15.5. The Labute approximate surface area is 195 Å². The van der Waals surface area contributed by atoms with E-state index in [9.17, 15) is 19.6 Å². The van der Waals surface area contributed by atoms with E-state index in [2.05, 4.69) is 16.7 Å². The first kappa shape index (κ1) is 23.9. The predicted octanol–water partition coefficient (Wildman–Crippen LogP) is 3.11. The molecule has 0 saturated heterocycles. The molecule has 2 atom stereocenters. The zero-order chi connectivity index (χ0) is 24.0. The molecule has 0 aliphatic carbocycles. The van der Waals surface area contributed by atoms with Gasteiger partial charge in [0.25, 0.3) is 0 Å². The Morgan fingerprint density at radius 2 is 1.79 bits per heavy atom. The number of rotatable bonds is 7. The van der Waals surface area contributed by atoms with E-state index in [1.165, 1.54) is 7.11 Å². The molecule has 170 valence electrons. The fourth-order valence-electron chi connectivity index (χ4n) is 3.46. The maximum Gasteiger partial charge on any atom is 0.319 e. The van der Waals surface area contributed by atoms with Gasteiger partial charge in [-0.3, -0.25) is 14.4 Å². The molecule has 0 aromatic heterocycles. The number of anilines is 1. The Morgan fingerprint density at radius 1 is 1.12 bits per heavy atom. The number of nitriles is 1. The fourth-order valence-corrected chi connectivity index (χ4v) is 4.31. The number of hydrogen-bond acceptors (Lipinski definition) is 7. The van der Waals surface area contributed by atoms with Crippen molar-refractivity contribution in [3.05, 3.63) is 70.3 Å². The first-order valence-corrected chi connectivity index (χ1v) is 11.0. The SMILES string of the molecule is COC(=O)[C@H]1C(=O)NC(SCC(=O)Nc2ccc(OC)cc2)=C(C#N)[C@H]1c1ccc(C)cc1. The Balaban J connectivity index is 1.85. The van der Waals surface area contributed by atoms with Crippen molar-refractivity contribution < 1.29 is 23.9 Å². The molecular weight excluding hydrogens is 442 g/mol. The van der Waals surface area contributed by atoms with Crippen LogP contribution in [0.2, 0.25) is 0 Å². The minimum atomic E-state index is -1.20. The molecular formula is C24H23N3O5S. The number of amides is 2. The second-order valence-electron chi connectivity index (χ2n) is 7.30. The van der Waals surface area contributed by atoms with Crippen LogP contribution in [0.5, 0.6) is 5.75 Å². The summed E-state index contributed by atoms with van der Waals surface area (Å²) in [6, 6.07) is 16.2. The molecule has 0 spiro atoms. The molecule has 2 N–H and O–H groups in total. The van der Waals surface area contributed by atoms with Crippen molar-refractivity contribution in [3.63, 3.8) is 0 Å². The third kappa shape index (κ3) is 5.54. The number of thioether (sulfide) groups is 1. The minimum absolute atomic E-state index is 0.0453. The van der Waals surface area contributed by atoms with Gasteiger partial charge >= 0.3 is 5.97 Å². The smallest absolute Gasteiger partial charge is 0.319 e. The number of hydrogen-bond donors (Lipinski definition) is 2. The molecule has 2 aromatic carbocycles. The van der Waals surface area contributed by atoms with Crippen molar-refractivity contribution in [1.29, 1.82) is 5.26 Å². The minimum Gasteiger partial charge on any atom is -0.497 e. The van der Waals surface area contributed by atoms with Crippen LogP contribution in [0.4, 0.5) is 5.69 Å². The van der Waals surface area contributed by atoms with Crippen LogP contribution in [0.1, 0.15) is 17.0 Å². The van der Waals surface area contributed by atoms with E-state index < -0.39 is 23.7 Å². The van der Waals surface area contributed by atoms with E-state index in [1.54, 1.807) is 43.5 Å². The van der Waals surface area contributed by atoms with Gasteiger partial charge in [-0.2, -0.15) is 5.26 Å². The number of nitrogens with one attached hydrogen (secondary N) is 2. The fraction of sp³-hybridized carbons (Fsp3) is 0.250. The molecule has 1 heterocycles. The molecule has 2 aromatic rings. The number of methoxy groups -OCH3 is 2.